The van der Waals surface area contributed by atoms with E-state index in [9.17, 15) is 9.59 Å². The maximum atomic E-state index is 9.55. The molecule has 2 aromatic rings. The number of piperazine rings is 1. The molecule has 2 atom stereocenters. The Kier molecular flexibility index (Phi) is 7.18. The first-order valence-electron chi connectivity index (χ1n) is 11.0. The molecule has 0 unspecified atom stereocenters. The number of rotatable bonds is 4. The van der Waals surface area contributed by atoms with E-state index in [2.05, 4.69) is 66.3 Å². The first kappa shape index (κ1) is 23.0. The zero-order valence-electron chi connectivity index (χ0n) is 18.8. The smallest absolute Gasteiger partial charge is 0.328 e. The molecule has 1 saturated heterocycles. The Morgan fingerprint density at radius 3 is 2.32 bits per heavy atom. The van der Waals surface area contributed by atoms with Crippen LogP contribution >= 0.6 is 0 Å². The summed E-state index contributed by atoms with van der Waals surface area (Å²) in [5.74, 6) is -2.51. The number of likely N-dealkylation sites (N-methyl/N-ethyl adjacent to an activating group) is 1. The van der Waals surface area contributed by atoms with E-state index in [1.54, 1.807) is 5.69 Å². The third kappa shape index (κ3) is 4.67. The Morgan fingerprint density at radius 2 is 1.74 bits per heavy atom. The normalized spacial score (nSPS) is 21.6. The summed E-state index contributed by atoms with van der Waals surface area (Å²) in [5.41, 5.74) is 4.50. The number of fused-ring (bicyclic) bond motifs is 5. The van der Waals surface area contributed by atoms with Gasteiger partial charge in [0.1, 0.15) is 0 Å². The lowest BCUT2D eigenvalue weighted by Gasteiger charge is -2.51. The van der Waals surface area contributed by atoms with Crippen molar-refractivity contribution in [1.82, 2.24) is 14.4 Å². The molecule has 168 valence electrons. The van der Waals surface area contributed by atoms with Crippen molar-refractivity contribution in [2.75, 3.05) is 19.6 Å². The van der Waals surface area contributed by atoms with Gasteiger partial charge in [0.15, 0.2) is 0 Å². The van der Waals surface area contributed by atoms with Crippen LogP contribution in [0.25, 0.3) is 10.9 Å². The van der Waals surface area contributed by atoms with Crippen LogP contribution in [-0.2, 0) is 16.1 Å². The molecular formula is C24H33N3O4. The summed E-state index contributed by atoms with van der Waals surface area (Å²) in [7, 11) is 0. The zero-order valence-corrected chi connectivity index (χ0v) is 18.8. The molecule has 2 aliphatic heterocycles. The van der Waals surface area contributed by atoms with Gasteiger partial charge < -0.3 is 14.8 Å². The molecule has 2 N–H and O–H groups in total. The Morgan fingerprint density at radius 1 is 1.10 bits per heavy atom. The number of carboxylic acids is 2. The van der Waals surface area contributed by atoms with Gasteiger partial charge in [-0.1, -0.05) is 25.1 Å². The van der Waals surface area contributed by atoms with Crippen molar-refractivity contribution in [2.24, 2.45) is 0 Å². The molecule has 0 amide bonds. The fourth-order valence-corrected chi connectivity index (χ4v) is 5.17. The summed E-state index contributed by atoms with van der Waals surface area (Å²) in [6.07, 6.45) is 2.38. The monoisotopic (exact) mass is 427 g/mol. The van der Waals surface area contributed by atoms with Crippen molar-refractivity contribution in [3.8, 4) is 0 Å². The average Bonchev–Trinajstić information content (AvgIpc) is 3.04. The van der Waals surface area contributed by atoms with E-state index in [4.69, 9.17) is 10.2 Å². The van der Waals surface area contributed by atoms with Crippen LogP contribution in [0.5, 0.6) is 0 Å². The Hall–Kier alpha value is -2.64. The lowest BCUT2D eigenvalue weighted by molar-refractivity contribution is -0.134. The fourth-order valence-electron chi connectivity index (χ4n) is 5.17. The van der Waals surface area contributed by atoms with Crippen LogP contribution in [0.2, 0.25) is 0 Å². The second-order valence-electron chi connectivity index (χ2n) is 8.45. The summed E-state index contributed by atoms with van der Waals surface area (Å²) >= 11 is 0. The molecule has 1 aromatic carbocycles. The van der Waals surface area contributed by atoms with Crippen LogP contribution in [0, 0.1) is 6.92 Å². The van der Waals surface area contributed by atoms with Crippen molar-refractivity contribution < 1.29 is 19.8 Å². The number of benzene rings is 1. The van der Waals surface area contributed by atoms with E-state index in [1.165, 1.54) is 36.0 Å². The summed E-state index contributed by atoms with van der Waals surface area (Å²) in [4.78, 5) is 24.6. The third-order valence-corrected chi connectivity index (χ3v) is 6.47. The number of para-hydroxylation sites is 1. The highest BCUT2D eigenvalue weighted by atomic mass is 16.4. The summed E-state index contributed by atoms with van der Waals surface area (Å²) < 4.78 is 2.61. The molecule has 0 bridgehead atoms. The highest BCUT2D eigenvalue weighted by Gasteiger charge is 2.42. The topological polar surface area (TPSA) is 86.0 Å². The number of hydrogen-bond acceptors (Lipinski definition) is 4. The molecule has 2 aliphatic rings. The number of hydrogen-bond donors (Lipinski definition) is 2. The molecule has 3 heterocycles. The van der Waals surface area contributed by atoms with E-state index in [0.29, 0.717) is 30.3 Å². The van der Waals surface area contributed by atoms with Crippen LogP contribution in [0.1, 0.15) is 44.5 Å². The first-order chi connectivity index (χ1) is 14.8. The van der Waals surface area contributed by atoms with Crippen LogP contribution in [0.4, 0.5) is 0 Å². The Labute approximate surface area is 183 Å². The minimum atomic E-state index is -1.26. The Bertz CT molecular complexity index is 963. The van der Waals surface area contributed by atoms with Crippen LogP contribution in [0.3, 0.4) is 0 Å². The molecule has 1 fully saturated rings. The SMILES string of the molecule is CCN1CCN(C(C)C)[C@@H]2CCn3c(c(C)c4ccccc43)[C@H]21.O=C(O)/C=C\C(=O)O. The molecular weight excluding hydrogens is 394 g/mol. The minimum Gasteiger partial charge on any atom is -0.478 e. The molecule has 0 saturated carbocycles. The standard InChI is InChI=1S/C20H29N3.C4H4O4/c1-5-21-12-13-22(14(2)3)18-10-11-23-17-9-7-6-8-16(17)15(4)19(23)20(18)21;5-3(6)1-2-4(7)8/h6-9,14,18,20H,5,10-13H2,1-4H3;1-2H,(H,5,6)(H,7,8)/b;2-1-/t18-,20+;/m1./s1. The third-order valence-electron chi connectivity index (χ3n) is 6.47. The van der Waals surface area contributed by atoms with Gasteiger partial charge in [0.05, 0.1) is 6.04 Å². The largest absolute Gasteiger partial charge is 0.478 e. The van der Waals surface area contributed by atoms with Gasteiger partial charge in [-0.15, -0.1) is 0 Å². The van der Waals surface area contributed by atoms with Gasteiger partial charge in [-0.25, -0.2) is 9.59 Å². The highest BCUT2D eigenvalue weighted by molar-refractivity contribution is 5.89. The molecule has 1 aromatic heterocycles. The number of aromatic nitrogens is 1. The summed E-state index contributed by atoms with van der Waals surface area (Å²) in [6.45, 7) is 14.1. The maximum Gasteiger partial charge on any atom is 0.328 e. The molecule has 0 spiro atoms. The van der Waals surface area contributed by atoms with E-state index in [-0.39, 0.29) is 0 Å². The van der Waals surface area contributed by atoms with E-state index < -0.39 is 11.9 Å². The Balaban J connectivity index is 0.000000293. The number of carboxylic acid groups (broad SMARTS) is 2. The van der Waals surface area contributed by atoms with Crippen molar-refractivity contribution in [1.29, 1.82) is 0 Å². The van der Waals surface area contributed by atoms with Gasteiger partial charge >= 0.3 is 11.9 Å². The second kappa shape index (κ2) is 9.66. The number of aryl methyl sites for hydroxylation is 2. The summed E-state index contributed by atoms with van der Waals surface area (Å²) in [6, 6.07) is 10.8. The van der Waals surface area contributed by atoms with Crippen LogP contribution in [0.15, 0.2) is 36.4 Å². The predicted molar refractivity (Wildman–Crippen MR) is 121 cm³/mol. The van der Waals surface area contributed by atoms with Gasteiger partial charge in [-0.05, 0) is 45.4 Å². The van der Waals surface area contributed by atoms with Crippen molar-refractivity contribution in [3.63, 3.8) is 0 Å². The minimum absolute atomic E-state index is 0.553. The van der Waals surface area contributed by atoms with E-state index in [1.807, 2.05) is 0 Å². The molecule has 0 radical (unpaired) electrons. The molecule has 4 rings (SSSR count). The van der Waals surface area contributed by atoms with Crippen LogP contribution in [-0.4, -0.2) is 68.2 Å². The van der Waals surface area contributed by atoms with Gasteiger partial charge in [-0.3, -0.25) is 9.80 Å². The summed E-state index contributed by atoms with van der Waals surface area (Å²) in [5, 5.41) is 17.1. The maximum absolute atomic E-state index is 9.55. The van der Waals surface area contributed by atoms with Crippen LogP contribution < -0.4 is 0 Å². The second-order valence-corrected chi connectivity index (χ2v) is 8.45. The fraction of sp³-hybridized carbons (Fsp3) is 0.500. The van der Waals surface area contributed by atoms with Gasteiger partial charge in [0, 0.05) is 60.5 Å². The predicted octanol–water partition coefficient (Wildman–Crippen LogP) is 3.52. The van der Waals surface area contributed by atoms with E-state index in [0.717, 1.165) is 13.1 Å². The number of carbonyl (C=O) groups is 2. The van der Waals surface area contributed by atoms with Crippen molar-refractivity contribution >= 4 is 22.8 Å². The zero-order chi connectivity index (χ0) is 22.7. The van der Waals surface area contributed by atoms with Gasteiger partial charge in [0.25, 0.3) is 0 Å². The number of aliphatic carboxylic acids is 2. The quantitative estimate of drug-likeness (QED) is 0.726. The van der Waals surface area contributed by atoms with Crippen molar-refractivity contribution in [3.05, 3.63) is 47.7 Å². The number of nitrogens with zero attached hydrogens (tertiary/aromatic N) is 3. The van der Waals surface area contributed by atoms with E-state index >= 15 is 0 Å². The van der Waals surface area contributed by atoms with Crippen molar-refractivity contribution in [2.45, 2.75) is 58.8 Å². The molecule has 7 heteroatoms. The molecule has 0 aliphatic carbocycles. The average molecular weight is 428 g/mol. The van der Waals surface area contributed by atoms with Gasteiger partial charge in [0.2, 0.25) is 0 Å². The molecule has 31 heavy (non-hydrogen) atoms. The lowest BCUT2D eigenvalue weighted by Crippen LogP contribution is -2.58. The van der Waals surface area contributed by atoms with Gasteiger partial charge in [-0.2, -0.15) is 0 Å². The molecule has 7 nitrogen and oxygen atoms in total. The first-order valence-corrected chi connectivity index (χ1v) is 11.0. The highest BCUT2D eigenvalue weighted by Crippen LogP contribution is 2.42. The lowest BCUT2D eigenvalue weighted by atomic mass is 9.89.